The summed E-state index contributed by atoms with van der Waals surface area (Å²) in [6.45, 7) is 4.56. The molecule has 6 heteroatoms. The maximum Gasteiger partial charge on any atom is 0.308 e. The fourth-order valence-electron chi connectivity index (χ4n) is 3.66. The van der Waals surface area contributed by atoms with Crippen LogP contribution in [-0.2, 0) is 9.53 Å². The van der Waals surface area contributed by atoms with Gasteiger partial charge in [-0.15, -0.1) is 0 Å². The summed E-state index contributed by atoms with van der Waals surface area (Å²) in [4.78, 5) is 15.4. The predicted octanol–water partition coefficient (Wildman–Crippen LogP) is 2.99. The molecule has 0 radical (unpaired) electrons. The number of methoxy groups -OCH3 is 1. The van der Waals surface area contributed by atoms with Crippen molar-refractivity contribution in [3.8, 4) is 0 Å². The van der Waals surface area contributed by atoms with Crippen LogP contribution in [0.5, 0.6) is 0 Å². The zero-order valence-corrected chi connectivity index (χ0v) is 15.3. The van der Waals surface area contributed by atoms with Gasteiger partial charge in [-0.3, -0.25) is 9.78 Å². The van der Waals surface area contributed by atoms with E-state index in [2.05, 4.69) is 24.1 Å². The van der Waals surface area contributed by atoms with Gasteiger partial charge in [0.2, 0.25) is 0 Å². The summed E-state index contributed by atoms with van der Waals surface area (Å²) in [7, 11) is 1.45. The molecule has 1 aromatic rings. The normalized spacial score (nSPS) is 22.4. The maximum atomic E-state index is 13.2. The Morgan fingerprint density at radius 2 is 2.08 bits per heavy atom. The van der Waals surface area contributed by atoms with E-state index in [1.807, 2.05) is 0 Å². The average molecular weight is 352 g/mol. The minimum atomic E-state index is -0.794. The van der Waals surface area contributed by atoms with Gasteiger partial charge in [0.25, 0.3) is 0 Å². The van der Waals surface area contributed by atoms with Crippen molar-refractivity contribution in [3.63, 3.8) is 0 Å². The first-order valence-corrected chi connectivity index (χ1v) is 8.92. The number of halogens is 1. The number of nitrogens with one attached hydrogen (secondary N) is 1. The third-order valence-corrected chi connectivity index (χ3v) is 5.07. The van der Waals surface area contributed by atoms with Crippen molar-refractivity contribution in [3.05, 3.63) is 29.8 Å². The standard InChI is InChI=1S/C19H29FN2O3/c1-19(2,9-13-4-6-14(7-5-13)18(24)25-3)22-12-17(23)15-8-16(20)11-21-10-15/h8,10-11,13-14,17,22-23H,4-7,9,12H2,1-3H3/t13?,14?,17-/m0/s1. The summed E-state index contributed by atoms with van der Waals surface area (Å²) in [5.41, 5.74) is 0.326. The van der Waals surface area contributed by atoms with Crippen molar-refractivity contribution in [1.82, 2.24) is 10.3 Å². The van der Waals surface area contributed by atoms with Gasteiger partial charge in [0.05, 0.1) is 25.3 Å². The summed E-state index contributed by atoms with van der Waals surface area (Å²) in [6.07, 6.45) is 6.57. The number of rotatable bonds is 7. The van der Waals surface area contributed by atoms with E-state index in [4.69, 9.17) is 4.74 Å². The largest absolute Gasteiger partial charge is 0.469 e. The summed E-state index contributed by atoms with van der Waals surface area (Å²) in [6, 6.07) is 1.31. The Morgan fingerprint density at radius 1 is 1.40 bits per heavy atom. The molecule has 0 aliphatic heterocycles. The molecule has 0 amide bonds. The van der Waals surface area contributed by atoms with Gasteiger partial charge in [0, 0.05) is 23.8 Å². The Morgan fingerprint density at radius 3 is 2.68 bits per heavy atom. The fourth-order valence-corrected chi connectivity index (χ4v) is 3.66. The molecule has 0 spiro atoms. The smallest absolute Gasteiger partial charge is 0.308 e. The predicted molar refractivity (Wildman–Crippen MR) is 93.3 cm³/mol. The van der Waals surface area contributed by atoms with Gasteiger partial charge >= 0.3 is 5.97 Å². The van der Waals surface area contributed by atoms with Crippen LogP contribution < -0.4 is 5.32 Å². The Labute approximate surface area is 149 Å². The lowest BCUT2D eigenvalue weighted by Crippen LogP contribution is -2.43. The molecule has 0 bridgehead atoms. The molecule has 1 atom stereocenters. The third-order valence-electron chi connectivity index (χ3n) is 5.07. The van der Waals surface area contributed by atoms with Crippen LogP contribution in [0.2, 0.25) is 0 Å². The topological polar surface area (TPSA) is 71.5 Å². The van der Waals surface area contributed by atoms with Crippen LogP contribution in [-0.4, -0.2) is 35.3 Å². The molecule has 1 saturated carbocycles. The molecule has 2 rings (SSSR count). The molecule has 25 heavy (non-hydrogen) atoms. The number of hydrogen-bond donors (Lipinski definition) is 2. The number of β-amino-alcohol motifs (C(OH)–C–C–N with tert-alkyl or cyclic N) is 1. The molecular formula is C19H29FN2O3. The van der Waals surface area contributed by atoms with Crippen molar-refractivity contribution in [1.29, 1.82) is 0 Å². The SMILES string of the molecule is COC(=O)C1CCC(CC(C)(C)NC[C@H](O)c2cncc(F)c2)CC1. The molecule has 0 saturated heterocycles. The molecule has 1 heterocycles. The second-order valence-corrected chi connectivity index (χ2v) is 7.66. The molecular weight excluding hydrogens is 323 g/mol. The number of pyridine rings is 1. The quantitative estimate of drug-likeness (QED) is 0.738. The maximum absolute atomic E-state index is 13.2. The van der Waals surface area contributed by atoms with Crippen LogP contribution in [0.3, 0.4) is 0 Å². The number of ether oxygens (including phenoxy) is 1. The number of aliphatic hydroxyl groups is 1. The number of carbonyl (C=O) groups is 1. The van der Waals surface area contributed by atoms with Crippen LogP contribution >= 0.6 is 0 Å². The van der Waals surface area contributed by atoms with E-state index in [1.54, 1.807) is 0 Å². The summed E-state index contributed by atoms with van der Waals surface area (Å²) < 4.78 is 18.0. The van der Waals surface area contributed by atoms with E-state index in [0.717, 1.165) is 38.3 Å². The molecule has 140 valence electrons. The van der Waals surface area contributed by atoms with Crippen molar-refractivity contribution in [2.45, 2.75) is 57.6 Å². The molecule has 1 aliphatic carbocycles. The minimum absolute atomic E-state index is 0.0413. The van der Waals surface area contributed by atoms with Crippen molar-refractivity contribution < 1.29 is 19.0 Å². The van der Waals surface area contributed by atoms with Crippen LogP contribution in [0.4, 0.5) is 4.39 Å². The molecule has 0 unspecified atom stereocenters. The summed E-state index contributed by atoms with van der Waals surface area (Å²) >= 11 is 0. The first-order valence-electron chi connectivity index (χ1n) is 8.92. The lowest BCUT2D eigenvalue weighted by molar-refractivity contribution is -0.146. The van der Waals surface area contributed by atoms with Crippen molar-refractivity contribution in [2.75, 3.05) is 13.7 Å². The van der Waals surface area contributed by atoms with E-state index >= 15 is 0 Å². The Bertz CT molecular complexity index is 572. The van der Waals surface area contributed by atoms with E-state index in [1.165, 1.54) is 19.4 Å². The first-order chi connectivity index (χ1) is 11.8. The Balaban J connectivity index is 1.79. The monoisotopic (exact) mass is 352 g/mol. The Hall–Kier alpha value is -1.53. The first kappa shape index (κ1) is 19.8. The van der Waals surface area contributed by atoms with Gasteiger partial charge in [-0.1, -0.05) is 0 Å². The lowest BCUT2D eigenvalue weighted by Gasteiger charge is -2.35. The molecule has 1 fully saturated rings. The van der Waals surface area contributed by atoms with Gasteiger partial charge in [0.15, 0.2) is 0 Å². The second kappa shape index (κ2) is 8.72. The number of hydrogen-bond acceptors (Lipinski definition) is 5. The van der Waals surface area contributed by atoms with Crippen LogP contribution in [0.25, 0.3) is 0 Å². The number of nitrogens with zero attached hydrogens (tertiary/aromatic N) is 1. The highest BCUT2D eigenvalue weighted by Gasteiger charge is 2.30. The van der Waals surface area contributed by atoms with Gasteiger partial charge in [-0.2, -0.15) is 0 Å². The minimum Gasteiger partial charge on any atom is -0.469 e. The highest BCUT2D eigenvalue weighted by molar-refractivity contribution is 5.72. The van der Waals surface area contributed by atoms with E-state index < -0.39 is 11.9 Å². The molecule has 1 aliphatic rings. The third kappa shape index (κ3) is 6.04. The lowest BCUT2D eigenvalue weighted by atomic mass is 9.76. The number of esters is 1. The molecule has 0 aromatic carbocycles. The molecule has 5 nitrogen and oxygen atoms in total. The number of aliphatic hydroxyl groups excluding tert-OH is 1. The molecule has 2 N–H and O–H groups in total. The van der Waals surface area contributed by atoms with Gasteiger partial charge < -0.3 is 15.2 Å². The Kier molecular flexibility index (Phi) is 6.90. The number of carbonyl (C=O) groups excluding carboxylic acids is 1. The van der Waals surface area contributed by atoms with Gasteiger partial charge in [-0.25, -0.2) is 4.39 Å². The van der Waals surface area contributed by atoms with Gasteiger partial charge in [0.1, 0.15) is 5.82 Å². The highest BCUT2D eigenvalue weighted by Crippen LogP contribution is 2.34. The zero-order chi connectivity index (χ0) is 18.4. The van der Waals surface area contributed by atoms with E-state index in [9.17, 15) is 14.3 Å². The highest BCUT2D eigenvalue weighted by atomic mass is 19.1. The van der Waals surface area contributed by atoms with Gasteiger partial charge in [-0.05, 0) is 57.9 Å². The van der Waals surface area contributed by atoms with Crippen molar-refractivity contribution in [2.24, 2.45) is 11.8 Å². The average Bonchev–Trinajstić information content (AvgIpc) is 2.59. The number of aromatic nitrogens is 1. The fraction of sp³-hybridized carbons (Fsp3) is 0.684. The summed E-state index contributed by atoms with van der Waals surface area (Å²) in [5, 5.41) is 13.6. The van der Waals surface area contributed by atoms with E-state index in [-0.39, 0.29) is 17.4 Å². The zero-order valence-electron chi connectivity index (χ0n) is 15.3. The molecule has 1 aromatic heterocycles. The second-order valence-electron chi connectivity index (χ2n) is 7.66. The summed E-state index contributed by atoms with van der Waals surface area (Å²) in [5.74, 6) is 0.0526. The van der Waals surface area contributed by atoms with Crippen LogP contribution in [0, 0.1) is 17.7 Å². The van der Waals surface area contributed by atoms with E-state index in [0.29, 0.717) is 18.0 Å². The van der Waals surface area contributed by atoms with Crippen LogP contribution in [0.1, 0.15) is 57.6 Å². The van der Waals surface area contributed by atoms with Crippen LogP contribution in [0.15, 0.2) is 18.5 Å². The van der Waals surface area contributed by atoms with Crippen molar-refractivity contribution >= 4 is 5.97 Å².